The number of rotatable bonds is 7. The molecular weight excluding hydrogens is 356 g/mol. The van der Waals surface area contributed by atoms with Crippen LogP contribution in [0.15, 0.2) is 48.5 Å². The van der Waals surface area contributed by atoms with E-state index in [2.05, 4.69) is 10.9 Å². The summed E-state index contributed by atoms with van der Waals surface area (Å²) in [5.74, 6) is 0.0263. The van der Waals surface area contributed by atoms with Crippen molar-refractivity contribution < 1.29 is 19.1 Å². The number of carbonyl (C=O) groups is 2. The van der Waals surface area contributed by atoms with Crippen molar-refractivity contribution in [2.24, 2.45) is 0 Å². The number of hydrazine groups is 1. The highest BCUT2D eigenvalue weighted by molar-refractivity contribution is 6.32. The molecule has 0 saturated carbocycles. The second-order valence-corrected chi connectivity index (χ2v) is 5.99. The van der Waals surface area contributed by atoms with Crippen molar-refractivity contribution >= 4 is 23.4 Å². The van der Waals surface area contributed by atoms with E-state index in [0.29, 0.717) is 22.9 Å². The van der Waals surface area contributed by atoms with E-state index in [9.17, 15) is 9.59 Å². The third kappa shape index (κ3) is 5.97. The van der Waals surface area contributed by atoms with Crippen LogP contribution in [0.3, 0.4) is 0 Å². The minimum absolute atomic E-state index is 0.278. The minimum atomic E-state index is -0.720. The molecule has 138 valence electrons. The molecule has 2 N–H and O–H groups in total. The third-order valence-electron chi connectivity index (χ3n) is 3.48. The topological polar surface area (TPSA) is 76.7 Å². The normalized spacial score (nSPS) is 11.3. The zero-order valence-corrected chi connectivity index (χ0v) is 15.4. The number of amides is 2. The lowest BCUT2D eigenvalue weighted by Crippen LogP contribution is -2.49. The predicted octanol–water partition coefficient (Wildman–Crippen LogP) is 3.03. The second kappa shape index (κ2) is 9.68. The van der Waals surface area contributed by atoms with Gasteiger partial charge in [0.25, 0.3) is 11.8 Å². The zero-order valence-electron chi connectivity index (χ0n) is 14.6. The molecule has 0 radical (unpaired) electrons. The standard InChI is InChI=1S/C19H21ClN2O4/c1-3-16(26-14-10-8-13(2)9-11-14)19(24)22-21-18(23)12-25-17-7-5-4-6-15(17)20/h4-11,16H,3,12H2,1-2H3,(H,21,23)(H,22,24). The summed E-state index contributed by atoms with van der Waals surface area (Å²) in [4.78, 5) is 24.0. The molecule has 26 heavy (non-hydrogen) atoms. The largest absolute Gasteiger partial charge is 0.482 e. The van der Waals surface area contributed by atoms with Gasteiger partial charge in [-0.25, -0.2) is 0 Å². The number of nitrogens with one attached hydrogen (secondary N) is 2. The molecule has 0 aliphatic rings. The molecule has 1 unspecified atom stereocenters. The number of halogens is 1. The molecule has 2 aromatic rings. The van der Waals surface area contributed by atoms with Crippen LogP contribution in [0.4, 0.5) is 0 Å². The van der Waals surface area contributed by atoms with Crippen LogP contribution >= 0.6 is 11.6 Å². The minimum Gasteiger partial charge on any atom is -0.482 e. The lowest BCUT2D eigenvalue weighted by molar-refractivity contribution is -0.134. The Kier molecular flexibility index (Phi) is 7.29. The summed E-state index contributed by atoms with van der Waals surface area (Å²) in [6.07, 6.45) is -0.270. The van der Waals surface area contributed by atoms with E-state index in [1.807, 2.05) is 26.0 Å². The summed E-state index contributed by atoms with van der Waals surface area (Å²) in [5.41, 5.74) is 5.73. The van der Waals surface area contributed by atoms with Gasteiger partial charge in [-0.05, 0) is 37.6 Å². The summed E-state index contributed by atoms with van der Waals surface area (Å²) in [6, 6.07) is 14.2. The van der Waals surface area contributed by atoms with Crippen LogP contribution in [0.1, 0.15) is 18.9 Å². The van der Waals surface area contributed by atoms with Gasteiger partial charge in [-0.2, -0.15) is 0 Å². The van der Waals surface area contributed by atoms with Gasteiger partial charge in [-0.3, -0.25) is 20.4 Å². The van der Waals surface area contributed by atoms with E-state index in [1.54, 1.807) is 36.4 Å². The van der Waals surface area contributed by atoms with Crippen molar-refractivity contribution in [3.8, 4) is 11.5 Å². The Hall–Kier alpha value is -2.73. The summed E-state index contributed by atoms with van der Waals surface area (Å²) in [7, 11) is 0. The highest BCUT2D eigenvalue weighted by Crippen LogP contribution is 2.22. The maximum Gasteiger partial charge on any atom is 0.279 e. The van der Waals surface area contributed by atoms with E-state index in [0.717, 1.165) is 5.56 Å². The molecule has 0 aromatic heterocycles. The van der Waals surface area contributed by atoms with Gasteiger partial charge in [0.15, 0.2) is 12.7 Å². The van der Waals surface area contributed by atoms with Crippen LogP contribution in [0.2, 0.25) is 5.02 Å². The van der Waals surface area contributed by atoms with E-state index in [-0.39, 0.29) is 6.61 Å². The molecule has 7 heteroatoms. The summed E-state index contributed by atoms with van der Waals surface area (Å²) >= 11 is 5.94. The molecule has 6 nitrogen and oxygen atoms in total. The molecule has 0 spiro atoms. The Morgan fingerprint density at radius 1 is 1.08 bits per heavy atom. The number of benzene rings is 2. The average Bonchev–Trinajstić information content (AvgIpc) is 2.65. The number of para-hydroxylation sites is 1. The first-order chi connectivity index (χ1) is 12.5. The van der Waals surface area contributed by atoms with E-state index < -0.39 is 17.9 Å². The highest BCUT2D eigenvalue weighted by atomic mass is 35.5. The Bertz CT molecular complexity index is 749. The van der Waals surface area contributed by atoms with Gasteiger partial charge in [0.1, 0.15) is 11.5 Å². The summed E-state index contributed by atoms with van der Waals surface area (Å²) < 4.78 is 10.9. The number of carbonyl (C=O) groups excluding carboxylic acids is 2. The molecule has 0 heterocycles. The number of aryl methyl sites for hydroxylation is 1. The zero-order chi connectivity index (χ0) is 18.9. The second-order valence-electron chi connectivity index (χ2n) is 5.58. The highest BCUT2D eigenvalue weighted by Gasteiger charge is 2.19. The van der Waals surface area contributed by atoms with Crippen molar-refractivity contribution in [3.05, 3.63) is 59.1 Å². The van der Waals surface area contributed by atoms with Crippen LogP contribution in [0, 0.1) is 6.92 Å². The molecule has 2 rings (SSSR count). The van der Waals surface area contributed by atoms with Crippen molar-refractivity contribution in [2.75, 3.05) is 6.61 Å². The molecule has 2 amide bonds. The van der Waals surface area contributed by atoms with E-state index in [4.69, 9.17) is 21.1 Å². The molecule has 0 bridgehead atoms. The average molecular weight is 377 g/mol. The van der Waals surface area contributed by atoms with Gasteiger partial charge >= 0.3 is 0 Å². The van der Waals surface area contributed by atoms with Crippen molar-refractivity contribution in [1.29, 1.82) is 0 Å². The van der Waals surface area contributed by atoms with Crippen LogP contribution < -0.4 is 20.3 Å². The first-order valence-electron chi connectivity index (χ1n) is 8.19. The molecule has 2 aromatic carbocycles. The van der Waals surface area contributed by atoms with E-state index in [1.165, 1.54) is 0 Å². The predicted molar refractivity (Wildman–Crippen MR) is 99.1 cm³/mol. The van der Waals surface area contributed by atoms with Gasteiger partial charge in [-0.15, -0.1) is 0 Å². The molecule has 0 aliphatic carbocycles. The van der Waals surface area contributed by atoms with Gasteiger partial charge in [0.2, 0.25) is 0 Å². The Labute approximate surface area is 157 Å². The van der Waals surface area contributed by atoms with Gasteiger partial charge in [-0.1, -0.05) is 48.4 Å². The van der Waals surface area contributed by atoms with Crippen LogP contribution in [0.5, 0.6) is 11.5 Å². The van der Waals surface area contributed by atoms with Crippen molar-refractivity contribution in [3.63, 3.8) is 0 Å². The van der Waals surface area contributed by atoms with Crippen molar-refractivity contribution in [2.45, 2.75) is 26.4 Å². The number of hydrogen-bond acceptors (Lipinski definition) is 4. The van der Waals surface area contributed by atoms with Crippen molar-refractivity contribution in [1.82, 2.24) is 10.9 Å². The maximum absolute atomic E-state index is 12.2. The Morgan fingerprint density at radius 2 is 1.77 bits per heavy atom. The van der Waals surface area contributed by atoms with Crippen LogP contribution in [-0.4, -0.2) is 24.5 Å². The number of hydrogen-bond donors (Lipinski definition) is 2. The first-order valence-corrected chi connectivity index (χ1v) is 8.56. The van der Waals surface area contributed by atoms with Crippen LogP contribution in [-0.2, 0) is 9.59 Å². The summed E-state index contributed by atoms with van der Waals surface area (Å²) in [5, 5.41) is 0.405. The lowest BCUT2D eigenvalue weighted by Gasteiger charge is -2.17. The van der Waals surface area contributed by atoms with Crippen LogP contribution in [0.25, 0.3) is 0 Å². The Balaban J connectivity index is 1.79. The monoisotopic (exact) mass is 376 g/mol. The fourth-order valence-electron chi connectivity index (χ4n) is 2.06. The molecular formula is C19H21ClN2O4. The van der Waals surface area contributed by atoms with Gasteiger partial charge in [0, 0.05) is 0 Å². The van der Waals surface area contributed by atoms with Gasteiger partial charge in [0.05, 0.1) is 5.02 Å². The Morgan fingerprint density at radius 3 is 2.42 bits per heavy atom. The first kappa shape index (κ1) is 19.6. The molecule has 0 saturated heterocycles. The third-order valence-corrected chi connectivity index (χ3v) is 3.80. The fourth-order valence-corrected chi connectivity index (χ4v) is 2.25. The fraction of sp³-hybridized carbons (Fsp3) is 0.263. The quantitative estimate of drug-likeness (QED) is 0.728. The van der Waals surface area contributed by atoms with Gasteiger partial charge < -0.3 is 9.47 Å². The number of ether oxygens (including phenoxy) is 2. The maximum atomic E-state index is 12.2. The molecule has 0 fully saturated rings. The molecule has 0 aliphatic heterocycles. The lowest BCUT2D eigenvalue weighted by atomic mass is 10.2. The molecule has 1 atom stereocenters. The summed E-state index contributed by atoms with van der Waals surface area (Å²) in [6.45, 7) is 3.51. The smallest absolute Gasteiger partial charge is 0.279 e. The van der Waals surface area contributed by atoms with E-state index >= 15 is 0 Å². The SMILES string of the molecule is CCC(Oc1ccc(C)cc1)C(=O)NNC(=O)COc1ccccc1Cl.